The molecule has 3 aromatic rings. The molecule has 1 N–H and O–H groups in total. The first-order valence-electron chi connectivity index (χ1n) is 11.8. The van der Waals surface area contributed by atoms with Gasteiger partial charge in [-0.3, -0.25) is 14.5 Å². The maximum atomic E-state index is 13.4. The minimum Gasteiger partial charge on any atom is -0.507 e. The first kappa shape index (κ1) is 25.5. The highest BCUT2D eigenvalue weighted by molar-refractivity contribution is 6.51. The van der Waals surface area contributed by atoms with E-state index in [2.05, 4.69) is 0 Å². The van der Waals surface area contributed by atoms with Gasteiger partial charge in [0.25, 0.3) is 11.7 Å². The van der Waals surface area contributed by atoms with E-state index in [1.165, 1.54) is 18.1 Å². The minimum atomic E-state index is -0.959. The molecule has 0 spiro atoms. The number of ketones is 1. The molecule has 1 aliphatic rings. The van der Waals surface area contributed by atoms with Crippen LogP contribution in [0.25, 0.3) is 5.76 Å². The van der Waals surface area contributed by atoms with E-state index in [4.69, 9.17) is 14.2 Å². The zero-order chi connectivity index (χ0) is 26.5. The normalized spacial score (nSPS) is 16.5. The molecule has 37 heavy (non-hydrogen) atoms. The molecule has 1 atom stereocenters. The molecule has 8 heteroatoms. The van der Waals surface area contributed by atoms with Crippen molar-refractivity contribution in [2.45, 2.75) is 19.9 Å². The Labute approximate surface area is 214 Å². The van der Waals surface area contributed by atoms with Crippen LogP contribution < -0.4 is 14.4 Å². The van der Waals surface area contributed by atoms with Crippen molar-refractivity contribution in [3.8, 4) is 11.5 Å². The average Bonchev–Trinajstić information content (AvgIpc) is 3.19. The number of anilines is 1. The number of esters is 1. The number of ether oxygens (including phenoxy) is 3. The molecule has 0 aromatic heterocycles. The zero-order valence-electron chi connectivity index (χ0n) is 20.8. The Balaban J connectivity index is 1.89. The van der Waals surface area contributed by atoms with Crippen molar-refractivity contribution < 1.29 is 33.7 Å². The van der Waals surface area contributed by atoms with Gasteiger partial charge in [-0.25, -0.2) is 4.79 Å². The number of benzene rings is 3. The zero-order valence-corrected chi connectivity index (χ0v) is 20.8. The van der Waals surface area contributed by atoms with Crippen LogP contribution in [0.3, 0.4) is 0 Å². The molecule has 1 amide bonds. The fourth-order valence-corrected chi connectivity index (χ4v) is 4.25. The van der Waals surface area contributed by atoms with Crippen LogP contribution in [-0.4, -0.2) is 43.1 Å². The summed E-state index contributed by atoms with van der Waals surface area (Å²) in [5.74, 6) is -1.44. The molecule has 0 saturated carbocycles. The third-order valence-corrected chi connectivity index (χ3v) is 5.93. The second kappa shape index (κ2) is 11.0. The van der Waals surface area contributed by atoms with Crippen molar-refractivity contribution in [3.05, 3.63) is 95.1 Å². The van der Waals surface area contributed by atoms with Crippen LogP contribution in [0.1, 0.15) is 41.4 Å². The van der Waals surface area contributed by atoms with Gasteiger partial charge in [-0.2, -0.15) is 0 Å². The Hall–Kier alpha value is -4.59. The Kier molecular flexibility index (Phi) is 7.57. The number of aliphatic hydroxyl groups is 1. The average molecular weight is 502 g/mol. The maximum Gasteiger partial charge on any atom is 0.338 e. The van der Waals surface area contributed by atoms with Crippen LogP contribution in [-0.2, 0) is 14.3 Å². The monoisotopic (exact) mass is 501 g/mol. The van der Waals surface area contributed by atoms with Gasteiger partial charge < -0.3 is 19.3 Å². The summed E-state index contributed by atoms with van der Waals surface area (Å²) >= 11 is 0. The van der Waals surface area contributed by atoms with E-state index < -0.39 is 23.7 Å². The Morgan fingerprint density at radius 2 is 1.59 bits per heavy atom. The predicted octanol–water partition coefficient (Wildman–Crippen LogP) is 4.90. The molecular weight excluding hydrogens is 474 g/mol. The van der Waals surface area contributed by atoms with Gasteiger partial charge in [-0.05, 0) is 61.9 Å². The van der Waals surface area contributed by atoms with Gasteiger partial charge in [0.1, 0.15) is 17.3 Å². The number of Topliss-reactive ketones (excluding diaryl/α,β-unsaturated/α-hetero) is 1. The van der Waals surface area contributed by atoms with Gasteiger partial charge in [0.2, 0.25) is 0 Å². The van der Waals surface area contributed by atoms with Crippen molar-refractivity contribution in [2.24, 2.45) is 0 Å². The van der Waals surface area contributed by atoms with Crippen LogP contribution in [0.4, 0.5) is 5.69 Å². The lowest BCUT2D eigenvalue weighted by Gasteiger charge is -2.26. The van der Waals surface area contributed by atoms with E-state index in [1.807, 2.05) is 6.92 Å². The smallest absolute Gasteiger partial charge is 0.338 e. The third kappa shape index (κ3) is 5.04. The van der Waals surface area contributed by atoms with E-state index in [1.54, 1.807) is 73.7 Å². The van der Waals surface area contributed by atoms with Gasteiger partial charge in [0.05, 0.1) is 37.5 Å². The molecule has 0 aliphatic carbocycles. The lowest BCUT2D eigenvalue weighted by molar-refractivity contribution is -0.132. The molecular formula is C29H27NO7. The van der Waals surface area contributed by atoms with Gasteiger partial charge in [0.15, 0.2) is 0 Å². The Bertz CT molecular complexity index is 1360. The minimum absolute atomic E-state index is 0.0784. The number of carbonyl (C=O) groups is 3. The van der Waals surface area contributed by atoms with Gasteiger partial charge in [-0.1, -0.05) is 30.3 Å². The van der Waals surface area contributed by atoms with Crippen LogP contribution in [0.2, 0.25) is 0 Å². The van der Waals surface area contributed by atoms with Crippen LogP contribution in [0, 0.1) is 0 Å². The maximum absolute atomic E-state index is 13.4. The topological polar surface area (TPSA) is 102 Å². The number of hydrogen-bond acceptors (Lipinski definition) is 7. The highest BCUT2D eigenvalue weighted by Crippen LogP contribution is 2.43. The summed E-state index contributed by atoms with van der Waals surface area (Å²) in [4.78, 5) is 40.4. The summed E-state index contributed by atoms with van der Waals surface area (Å²) in [5.41, 5.74) is 1.38. The van der Waals surface area contributed by atoms with E-state index in [0.29, 0.717) is 34.9 Å². The van der Waals surface area contributed by atoms with Crippen molar-refractivity contribution in [3.63, 3.8) is 0 Å². The van der Waals surface area contributed by atoms with E-state index in [0.717, 1.165) is 0 Å². The number of rotatable bonds is 8. The summed E-state index contributed by atoms with van der Waals surface area (Å²) in [5, 5.41) is 11.3. The van der Waals surface area contributed by atoms with E-state index >= 15 is 0 Å². The summed E-state index contributed by atoms with van der Waals surface area (Å²) in [6.45, 7) is 4.16. The van der Waals surface area contributed by atoms with E-state index in [-0.39, 0.29) is 23.5 Å². The van der Waals surface area contributed by atoms with Gasteiger partial charge >= 0.3 is 5.97 Å². The van der Waals surface area contributed by atoms with Gasteiger partial charge in [-0.15, -0.1) is 0 Å². The predicted molar refractivity (Wildman–Crippen MR) is 138 cm³/mol. The fraction of sp³-hybridized carbons (Fsp3) is 0.207. The molecule has 190 valence electrons. The van der Waals surface area contributed by atoms with Crippen molar-refractivity contribution >= 4 is 29.1 Å². The molecule has 1 heterocycles. The second-order valence-electron chi connectivity index (χ2n) is 8.17. The number of nitrogens with zero attached hydrogens (tertiary/aromatic N) is 1. The van der Waals surface area contributed by atoms with Crippen LogP contribution in [0.15, 0.2) is 78.4 Å². The molecule has 0 radical (unpaired) electrons. The summed E-state index contributed by atoms with van der Waals surface area (Å²) in [6.07, 6.45) is 0. The fourth-order valence-electron chi connectivity index (χ4n) is 4.25. The molecule has 1 aliphatic heterocycles. The summed E-state index contributed by atoms with van der Waals surface area (Å²) in [6, 6.07) is 18.9. The number of carbonyl (C=O) groups excluding carboxylic acids is 3. The summed E-state index contributed by atoms with van der Waals surface area (Å²) in [7, 11) is 1.54. The first-order chi connectivity index (χ1) is 17.9. The van der Waals surface area contributed by atoms with Crippen molar-refractivity contribution in [1.29, 1.82) is 0 Å². The highest BCUT2D eigenvalue weighted by Gasteiger charge is 2.47. The molecule has 1 saturated heterocycles. The standard InChI is InChI=1S/C29H27NO7/c1-4-36-23-11-7-8-19(17-23)26(31)24-25(18-12-14-22(35-3)15-13-18)30(28(33)27(24)32)21-10-6-9-20(16-21)29(34)37-5-2/h6-17,25,31H,4-5H2,1-3H3/b26-24+. The molecule has 0 bridgehead atoms. The largest absolute Gasteiger partial charge is 0.507 e. The number of hydrogen-bond donors (Lipinski definition) is 1. The van der Waals surface area contributed by atoms with Crippen molar-refractivity contribution in [2.75, 3.05) is 25.2 Å². The lowest BCUT2D eigenvalue weighted by Crippen LogP contribution is -2.29. The number of aliphatic hydroxyl groups excluding tert-OH is 1. The van der Waals surface area contributed by atoms with Crippen molar-refractivity contribution in [1.82, 2.24) is 0 Å². The van der Waals surface area contributed by atoms with E-state index in [9.17, 15) is 19.5 Å². The quantitative estimate of drug-likeness (QED) is 0.203. The third-order valence-electron chi connectivity index (χ3n) is 5.93. The first-order valence-corrected chi connectivity index (χ1v) is 11.8. The second-order valence-corrected chi connectivity index (χ2v) is 8.17. The number of methoxy groups -OCH3 is 1. The molecule has 1 unspecified atom stereocenters. The lowest BCUT2D eigenvalue weighted by atomic mass is 9.95. The summed E-state index contributed by atoms with van der Waals surface area (Å²) < 4.78 is 15.9. The number of amides is 1. The molecule has 4 rings (SSSR count). The SMILES string of the molecule is CCOC(=O)c1cccc(N2C(=O)C(=O)/C(=C(/O)c3cccc(OCC)c3)C2c2ccc(OC)cc2)c1. The Morgan fingerprint density at radius 1 is 0.892 bits per heavy atom. The highest BCUT2D eigenvalue weighted by atomic mass is 16.5. The van der Waals surface area contributed by atoms with Crippen LogP contribution >= 0.6 is 0 Å². The molecule has 3 aromatic carbocycles. The Morgan fingerprint density at radius 3 is 2.27 bits per heavy atom. The molecule has 8 nitrogen and oxygen atoms in total. The van der Waals surface area contributed by atoms with Gasteiger partial charge in [0, 0.05) is 11.3 Å². The molecule has 1 fully saturated rings. The van der Waals surface area contributed by atoms with Crippen LogP contribution in [0.5, 0.6) is 11.5 Å².